The van der Waals surface area contributed by atoms with Gasteiger partial charge in [0.05, 0.1) is 9.85 Å². The molecule has 0 aliphatic carbocycles. The van der Waals surface area contributed by atoms with E-state index in [2.05, 4.69) is 31.9 Å². The van der Waals surface area contributed by atoms with Gasteiger partial charge in [-0.2, -0.15) is 0 Å². The van der Waals surface area contributed by atoms with E-state index >= 15 is 0 Å². The van der Waals surface area contributed by atoms with Crippen LogP contribution in [0.15, 0.2) is 22.0 Å². The van der Waals surface area contributed by atoms with Crippen LogP contribution in [0.4, 0.5) is 0 Å². The van der Waals surface area contributed by atoms with Crippen molar-refractivity contribution in [2.75, 3.05) is 0 Å². The van der Waals surface area contributed by atoms with Crippen LogP contribution in [0.3, 0.4) is 0 Å². The number of alkyl halides is 1. The van der Waals surface area contributed by atoms with Gasteiger partial charge in [-0.25, -0.2) is 0 Å². The maximum atomic E-state index is 6.07. The SMILES string of the molecule is Clc1ccsc1C(Br)c1cc(Br)c(Cl)s1. The molecule has 0 aliphatic heterocycles. The first-order valence-corrected chi connectivity index (χ1v) is 8.07. The normalized spacial score (nSPS) is 13.1. The Hall–Kier alpha value is 0.940. The summed E-state index contributed by atoms with van der Waals surface area (Å²) in [6.45, 7) is 0. The average Bonchev–Trinajstić information content (AvgIpc) is 2.74. The van der Waals surface area contributed by atoms with E-state index < -0.39 is 0 Å². The molecule has 0 N–H and O–H groups in total. The third-order valence-corrected chi connectivity index (χ3v) is 7.31. The van der Waals surface area contributed by atoms with Crippen LogP contribution in [0.5, 0.6) is 0 Å². The van der Waals surface area contributed by atoms with Crippen molar-refractivity contribution < 1.29 is 0 Å². The minimum absolute atomic E-state index is 0.124. The van der Waals surface area contributed by atoms with Crippen molar-refractivity contribution in [3.63, 3.8) is 0 Å². The molecule has 6 heteroatoms. The van der Waals surface area contributed by atoms with Crippen molar-refractivity contribution >= 4 is 77.7 Å². The third kappa shape index (κ3) is 2.61. The van der Waals surface area contributed by atoms with Crippen LogP contribution in [-0.2, 0) is 0 Å². The highest BCUT2D eigenvalue weighted by Crippen LogP contribution is 2.44. The van der Waals surface area contributed by atoms with Gasteiger partial charge in [0.2, 0.25) is 0 Å². The molecule has 0 aliphatic rings. The third-order valence-electron chi connectivity index (χ3n) is 1.79. The zero-order valence-electron chi connectivity index (χ0n) is 7.14. The largest absolute Gasteiger partial charge is 0.146 e. The summed E-state index contributed by atoms with van der Waals surface area (Å²) < 4.78 is 1.70. The van der Waals surface area contributed by atoms with E-state index in [4.69, 9.17) is 23.2 Å². The summed E-state index contributed by atoms with van der Waals surface area (Å²) in [5, 5.41) is 2.78. The molecule has 0 aromatic carbocycles. The molecule has 15 heavy (non-hydrogen) atoms. The minimum atomic E-state index is 0.124. The van der Waals surface area contributed by atoms with Crippen LogP contribution < -0.4 is 0 Å². The van der Waals surface area contributed by atoms with E-state index in [1.165, 1.54) is 0 Å². The van der Waals surface area contributed by atoms with Crippen molar-refractivity contribution in [1.29, 1.82) is 0 Å². The monoisotopic (exact) mass is 404 g/mol. The first-order chi connectivity index (χ1) is 7.09. The molecule has 2 rings (SSSR count). The van der Waals surface area contributed by atoms with Crippen LogP contribution in [0.1, 0.15) is 14.6 Å². The fourth-order valence-corrected chi connectivity index (χ4v) is 5.18. The van der Waals surface area contributed by atoms with Crippen LogP contribution in [0.2, 0.25) is 9.36 Å². The molecular formula is C9H4Br2Cl2S2. The molecule has 2 aromatic heterocycles. The molecule has 0 spiro atoms. The van der Waals surface area contributed by atoms with E-state index in [9.17, 15) is 0 Å². The predicted octanol–water partition coefficient (Wildman–Crippen LogP) is 6.36. The molecule has 0 bridgehead atoms. The Kier molecular flexibility index (Phi) is 4.19. The first-order valence-electron chi connectivity index (χ1n) is 3.91. The van der Waals surface area contributed by atoms with Crippen molar-refractivity contribution in [3.05, 3.63) is 41.1 Å². The van der Waals surface area contributed by atoms with Gasteiger partial charge in [0, 0.05) is 14.2 Å². The van der Waals surface area contributed by atoms with E-state index in [0.29, 0.717) is 0 Å². The minimum Gasteiger partial charge on any atom is -0.146 e. The smallest absolute Gasteiger partial charge is 0.107 e. The Balaban J connectivity index is 2.36. The number of halogens is 4. The van der Waals surface area contributed by atoms with Gasteiger partial charge in [-0.15, -0.1) is 22.7 Å². The molecule has 0 amide bonds. The highest BCUT2D eigenvalue weighted by Gasteiger charge is 2.18. The number of hydrogen-bond donors (Lipinski definition) is 0. The molecule has 0 saturated carbocycles. The lowest BCUT2D eigenvalue weighted by atomic mass is 10.3. The molecule has 0 fully saturated rings. The summed E-state index contributed by atoms with van der Waals surface area (Å²) in [6.07, 6.45) is 0. The van der Waals surface area contributed by atoms with Gasteiger partial charge in [-0.3, -0.25) is 0 Å². The van der Waals surface area contributed by atoms with Gasteiger partial charge in [0.1, 0.15) is 4.34 Å². The predicted molar refractivity (Wildman–Crippen MR) is 77.1 cm³/mol. The quantitative estimate of drug-likeness (QED) is 0.509. The Morgan fingerprint density at radius 1 is 1.33 bits per heavy atom. The van der Waals surface area contributed by atoms with Crippen LogP contribution >= 0.6 is 77.7 Å². The van der Waals surface area contributed by atoms with Crippen LogP contribution in [-0.4, -0.2) is 0 Å². The molecule has 2 aromatic rings. The Morgan fingerprint density at radius 2 is 2.07 bits per heavy atom. The van der Waals surface area contributed by atoms with Gasteiger partial charge < -0.3 is 0 Å². The summed E-state index contributed by atoms with van der Waals surface area (Å²) in [4.78, 5) is 2.39. The average molecular weight is 407 g/mol. The number of hydrogen-bond acceptors (Lipinski definition) is 2. The van der Waals surface area contributed by atoms with Gasteiger partial charge in [0.25, 0.3) is 0 Å². The maximum absolute atomic E-state index is 6.07. The second kappa shape index (κ2) is 5.07. The van der Waals surface area contributed by atoms with Gasteiger partial charge in [0.15, 0.2) is 0 Å². The highest BCUT2D eigenvalue weighted by molar-refractivity contribution is 9.10. The maximum Gasteiger partial charge on any atom is 0.107 e. The Bertz CT molecular complexity index is 459. The van der Waals surface area contributed by atoms with E-state index in [1.54, 1.807) is 22.7 Å². The highest BCUT2D eigenvalue weighted by atomic mass is 79.9. The van der Waals surface area contributed by atoms with Gasteiger partial charge >= 0.3 is 0 Å². The van der Waals surface area contributed by atoms with Crippen LogP contribution in [0.25, 0.3) is 0 Å². The summed E-state index contributed by atoms with van der Waals surface area (Å²) >= 11 is 22.3. The Morgan fingerprint density at radius 3 is 2.53 bits per heavy atom. The fourth-order valence-electron chi connectivity index (χ4n) is 1.10. The second-order valence-corrected chi connectivity index (χ2v) is 7.58. The fraction of sp³-hybridized carbons (Fsp3) is 0.111. The molecule has 80 valence electrons. The summed E-state index contributed by atoms with van der Waals surface area (Å²) in [7, 11) is 0. The lowest BCUT2D eigenvalue weighted by Crippen LogP contribution is -1.84. The molecule has 0 saturated heterocycles. The molecule has 0 radical (unpaired) electrons. The molecule has 1 unspecified atom stereocenters. The van der Waals surface area contributed by atoms with E-state index in [1.807, 2.05) is 17.5 Å². The number of rotatable bonds is 2. The topological polar surface area (TPSA) is 0 Å². The second-order valence-electron chi connectivity index (χ2n) is 2.77. The standard InChI is InChI=1S/C9H4Br2Cl2S2/c10-4-3-6(15-9(4)13)7(11)8-5(12)1-2-14-8/h1-3,7H. The van der Waals surface area contributed by atoms with E-state index in [0.717, 1.165) is 23.6 Å². The van der Waals surface area contributed by atoms with Gasteiger partial charge in [-0.05, 0) is 33.4 Å². The summed E-state index contributed by atoms with van der Waals surface area (Å²) in [5.74, 6) is 0. The zero-order valence-corrected chi connectivity index (χ0v) is 13.5. The lowest BCUT2D eigenvalue weighted by molar-refractivity contribution is 1.28. The van der Waals surface area contributed by atoms with Crippen molar-refractivity contribution in [3.8, 4) is 0 Å². The van der Waals surface area contributed by atoms with Crippen LogP contribution in [0, 0.1) is 0 Å². The molecule has 0 nitrogen and oxygen atoms in total. The molecule has 1 atom stereocenters. The summed E-state index contributed by atoms with van der Waals surface area (Å²) in [5.41, 5.74) is 0. The number of thiophene rings is 2. The van der Waals surface area contributed by atoms with Gasteiger partial charge in [-0.1, -0.05) is 39.1 Å². The van der Waals surface area contributed by atoms with Crippen molar-refractivity contribution in [1.82, 2.24) is 0 Å². The van der Waals surface area contributed by atoms with Crippen molar-refractivity contribution in [2.24, 2.45) is 0 Å². The first kappa shape index (κ1) is 12.4. The lowest BCUT2D eigenvalue weighted by Gasteiger charge is -2.04. The molecular weight excluding hydrogens is 403 g/mol. The molecule has 2 heterocycles. The summed E-state index contributed by atoms with van der Waals surface area (Å²) in [6, 6.07) is 3.92. The van der Waals surface area contributed by atoms with E-state index in [-0.39, 0.29) is 4.83 Å². The van der Waals surface area contributed by atoms with Crippen molar-refractivity contribution in [2.45, 2.75) is 4.83 Å². The Labute approximate surface area is 122 Å². The zero-order chi connectivity index (χ0) is 11.0.